The molecule has 2 N–H and O–H groups in total. The molecule has 1 fully saturated rings. The first-order chi connectivity index (χ1) is 9.05. The molecule has 1 aliphatic heterocycles. The predicted molar refractivity (Wildman–Crippen MR) is 72.3 cm³/mol. The van der Waals surface area contributed by atoms with Gasteiger partial charge in [-0.15, -0.1) is 5.06 Å². The van der Waals surface area contributed by atoms with E-state index in [0.717, 1.165) is 0 Å². The van der Waals surface area contributed by atoms with Crippen LogP contribution >= 0.6 is 0 Å². The molecule has 0 amide bonds. The van der Waals surface area contributed by atoms with Crippen molar-refractivity contribution in [2.75, 3.05) is 19.7 Å². The highest BCUT2D eigenvalue weighted by Crippen LogP contribution is 2.26. The summed E-state index contributed by atoms with van der Waals surface area (Å²) in [5, 5.41) is 9.43. The Labute approximate surface area is 119 Å². The van der Waals surface area contributed by atoms with Gasteiger partial charge < -0.3 is 9.94 Å². The van der Waals surface area contributed by atoms with Crippen molar-refractivity contribution in [2.45, 2.75) is 38.9 Å². The lowest BCUT2D eigenvalue weighted by Crippen LogP contribution is -2.43. The van der Waals surface area contributed by atoms with Crippen LogP contribution in [0, 0.1) is 11.3 Å². The predicted octanol–water partition coefficient (Wildman–Crippen LogP) is 0.451. The van der Waals surface area contributed by atoms with Crippen LogP contribution in [0.1, 0.15) is 33.6 Å². The molecule has 1 rings (SSSR count). The smallest absolute Gasteiger partial charge is 0.330 e. The van der Waals surface area contributed by atoms with E-state index >= 15 is 0 Å². The van der Waals surface area contributed by atoms with E-state index in [4.69, 9.17) is 14.5 Å². The van der Waals surface area contributed by atoms with Gasteiger partial charge in [-0.05, 0) is 39.5 Å². The van der Waals surface area contributed by atoms with Crippen LogP contribution in [0.25, 0.3) is 0 Å². The average Bonchev–Trinajstić information content (AvgIpc) is 2.29. The maximum atomic E-state index is 11.7. The van der Waals surface area contributed by atoms with Gasteiger partial charge in [0.15, 0.2) is 0 Å². The minimum Gasteiger partial charge on any atom is -0.395 e. The average molecular weight is 309 g/mol. The van der Waals surface area contributed by atoms with E-state index in [9.17, 15) is 13.2 Å². The normalized spacial score (nSPS) is 20.6. The largest absolute Gasteiger partial charge is 0.395 e. The Bertz CT molecular complexity index is 433. The SMILES string of the molecule is CC(C)(C)C(=O)ON1CCC(C(CO)S(=O)(=O)O)CC1. The van der Waals surface area contributed by atoms with Crippen molar-refractivity contribution in [1.29, 1.82) is 0 Å². The van der Waals surface area contributed by atoms with Crippen LogP contribution in [0.4, 0.5) is 0 Å². The highest BCUT2D eigenvalue weighted by molar-refractivity contribution is 7.86. The molecule has 0 aromatic rings. The number of hydrogen-bond acceptors (Lipinski definition) is 6. The van der Waals surface area contributed by atoms with E-state index in [-0.39, 0.29) is 11.9 Å². The first kappa shape index (κ1) is 17.4. The zero-order valence-corrected chi connectivity index (χ0v) is 12.9. The summed E-state index contributed by atoms with van der Waals surface area (Å²) in [5.41, 5.74) is -0.598. The van der Waals surface area contributed by atoms with E-state index in [2.05, 4.69) is 0 Å². The van der Waals surface area contributed by atoms with Crippen molar-refractivity contribution >= 4 is 16.1 Å². The lowest BCUT2D eigenvalue weighted by Gasteiger charge is -2.34. The Morgan fingerprint density at radius 2 is 1.85 bits per heavy atom. The Morgan fingerprint density at radius 1 is 1.35 bits per heavy atom. The second-order valence-corrected chi connectivity index (χ2v) is 7.77. The van der Waals surface area contributed by atoms with Crippen LogP contribution in [-0.2, 0) is 19.8 Å². The number of rotatable bonds is 4. The summed E-state index contributed by atoms with van der Waals surface area (Å²) in [6.07, 6.45) is 0.866. The third-order valence-electron chi connectivity index (χ3n) is 3.41. The monoisotopic (exact) mass is 309 g/mol. The van der Waals surface area contributed by atoms with Gasteiger partial charge in [0, 0.05) is 13.1 Å². The standard InChI is InChI=1S/C12H23NO6S/c1-12(2,3)11(15)19-13-6-4-9(5-7-13)10(8-14)20(16,17)18/h9-10,14H,4-8H2,1-3H3,(H,16,17,18). The summed E-state index contributed by atoms with van der Waals surface area (Å²) in [7, 11) is -4.25. The second-order valence-electron chi connectivity index (χ2n) is 6.13. The number of aliphatic hydroxyl groups excluding tert-OH is 1. The van der Waals surface area contributed by atoms with Crippen molar-refractivity contribution in [1.82, 2.24) is 5.06 Å². The second kappa shape index (κ2) is 6.38. The van der Waals surface area contributed by atoms with Gasteiger partial charge in [0.2, 0.25) is 0 Å². The Kier molecular flexibility index (Phi) is 5.54. The highest BCUT2D eigenvalue weighted by Gasteiger charge is 2.35. The third-order valence-corrected chi connectivity index (χ3v) is 4.71. The molecule has 0 bridgehead atoms. The summed E-state index contributed by atoms with van der Waals surface area (Å²) in [5.74, 6) is -0.677. The van der Waals surface area contributed by atoms with Gasteiger partial charge in [-0.2, -0.15) is 8.42 Å². The minimum absolute atomic E-state index is 0.334. The molecule has 0 saturated carbocycles. The highest BCUT2D eigenvalue weighted by atomic mass is 32.2. The molecular weight excluding hydrogens is 286 g/mol. The van der Waals surface area contributed by atoms with Crippen LogP contribution < -0.4 is 0 Å². The van der Waals surface area contributed by atoms with Crippen LogP contribution in [0.5, 0.6) is 0 Å². The molecule has 20 heavy (non-hydrogen) atoms. The number of nitrogens with zero attached hydrogens (tertiary/aromatic N) is 1. The van der Waals surface area contributed by atoms with Crippen LogP contribution in [0.15, 0.2) is 0 Å². The number of carbonyl (C=O) groups is 1. The molecule has 0 spiro atoms. The van der Waals surface area contributed by atoms with Gasteiger partial charge in [0.1, 0.15) is 5.25 Å². The molecule has 1 aliphatic rings. The fourth-order valence-corrected chi connectivity index (χ4v) is 3.03. The molecule has 8 heteroatoms. The zero-order chi connectivity index (χ0) is 15.6. The van der Waals surface area contributed by atoms with Crippen molar-refractivity contribution in [3.8, 4) is 0 Å². The molecule has 1 saturated heterocycles. The molecule has 1 heterocycles. The van der Waals surface area contributed by atoms with Gasteiger partial charge in [-0.25, -0.2) is 4.79 Å². The van der Waals surface area contributed by atoms with Gasteiger partial charge in [-0.3, -0.25) is 4.55 Å². The first-order valence-corrected chi connectivity index (χ1v) is 8.10. The summed E-state index contributed by atoms with van der Waals surface area (Å²) in [6, 6.07) is 0. The topological polar surface area (TPSA) is 104 Å². The molecule has 1 atom stereocenters. The molecular formula is C12H23NO6S. The van der Waals surface area contributed by atoms with Gasteiger partial charge in [-0.1, -0.05) is 0 Å². The zero-order valence-electron chi connectivity index (χ0n) is 12.1. The number of carbonyl (C=O) groups excluding carboxylic acids is 1. The number of hydroxylamine groups is 2. The Hall–Kier alpha value is -0.700. The first-order valence-electron chi connectivity index (χ1n) is 6.60. The maximum Gasteiger partial charge on any atom is 0.330 e. The van der Waals surface area contributed by atoms with Gasteiger partial charge in [0.25, 0.3) is 10.1 Å². The van der Waals surface area contributed by atoms with Crippen molar-refractivity contribution in [2.24, 2.45) is 11.3 Å². The van der Waals surface area contributed by atoms with E-state index in [0.29, 0.717) is 25.9 Å². The molecule has 0 radical (unpaired) electrons. The van der Waals surface area contributed by atoms with Crippen molar-refractivity contribution < 1.29 is 27.7 Å². The summed E-state index contributed by atoms with van der Waals surface area (Å²) in [4.78, 5) is 16.9. The molecule has 0 aromatic carbocycles. The molecule has 0 aliphatic carbocycles. The lowest BCUT2D eigenvalue weighted by atomic mass is 9.94. The van der Waals surface area contributed by atoms with Crippen molar-refractivity contribution in [3.05, 3.63) is 0 Å². The molecule has 0 aromatic heterocycles. The van der Waals surface area contributed by atoms with E-state index < -0.39 is 27.4 Å². The summed E-state index contributed by atoms with van der Waals surface area (Å²) < 4.78 is 31.4. The lowest BCUT2D eigenvalue weighted by molar-refractivity contribution is -0.206. The van der Waals surface area contributed by atoms with E-state index in [1.54, 1.807) is 20.8 Å². The minimum atomic E-state index is -4.25. The number of aliphatic hydroxyl groups is 1. The summed E-state index contributed by atoms with van der Waals surface area (Å²) >= 11 is 0. The van der Waals surface area contributed by atoms with Crippen LogP contribution in [-0.4, -0.2) is 54.1 Å². The van der Waals surface area contributed by atoms with Gasteiger partial charge in [0.05, 0.1) is 12.0 Å². The fourth-order valence-electron chi connectivity index (χ4n) is 2.08. The fraction of sp³-hybridized carbons (Fsp3) is 0.917. The van der Waals surface area contributed by atoms with E-state index in [1.165, 1.54) is 5.06 Å². The Morgan fingerprint density at radius 3 is 2.20 bits per heavy atom. The maximum absolute atomic E-state index is 11.7. The van der Waals surface area contributed by atoms with Gasteiger partial charge >= 0.3 is 5.97 Å². The Balaban J connectivity index is 2.54. The van der Waals surface area contributed by atoms with Crippen LogP contribution in [0.2, 0.25) is 0 Å². The quantitative estimate of drug-likeness (QED) is 0.727. The van der Waals surface area contributed by atoms with Crippen LogP contribution in [0.3, 0.4) is 0 Å². The number of hydrogen-bond donors (Lipinski definition) is 2. The molecule has 118 valence electrons. The third kappa shape index (κ3) is 4.69. The summed E-state index contributed by atoms with van der Waals surface area (Å²) in [6.45, 7) is 5.43. The van der Waals surface area contributed by atoms with E-state index in [1.807, 2.05) is 0 Å². The number of piperidine rings is 1. The van der Waals surface area contributed by atoms with Crippen molar-refractivity contribution in [3.63, 3.8) is 0 Å². The molecule has 7 nitrogen and oxygen atoms in total. The molecule has 1 unspecified atom stereocenters.